The van der Waals surface area contributed by atoms with Gasteiger partial charge < -0.3 is 0 Å². The third kappa shape index (κ3) is 2.78. The number of nitrogens with zero attached hydrogens (tertiary/aromatic N) is 2. The highest BCUT2D eigenvalue weighted by Crippen LogP contribution is 2.31. The number of aryl methyl sites for hydroxylation is 1. The topological polar surface area (TPSA) is 25.8 Å². The first-order valence-corrected chi connectivity index (χ1v) is 6.87. The average Bonchev–Trinajstić information content (AvgIpc) is 2.49. The third-order valence-electron chi connectivity index (χ3n) is 3.23. The van der Waals surface area contributed by atoms with Gasteiger partial charge in [0.15, 0.2) is 0 Å². The van der Waals surface area contributed by atoms with Crippen LogP contribution in [0.15, 0.2) is 54.7 Å². The van der Waals surface area contributed by atoms with Crippen molar-refractivity contribution in [3.8, 4) is 22.5 Å². The van der Waals surface area contributed by atoms with E-state index < -0.39 is 0 Å². The molecule has 2 aromatic heterocycles. The molecule has 0 aliphatic rings. The molecule has 0 N–H and O–H groups in total. The van der Waals surface area contributed by atoms with Gasteiger partial charge in [-0.2, -0.15) is 0 Å². The molecule has 0 atom stereocenters. The second kappa shape index (κ2) is 5.62. The molecule has 1 aromatic carbocycles. The molecule has 0 amide bonds. The maximum atomic E-state index is 13.1. The summed E-state index contributed by atoms with van der Waals surface area (Å²) in [5.41, 5.74) is 4.11. The van der Waals surface area contributed by atoms with E-state index in [0.29, 0.717) is 5.02 Å². The number of benzene rings is 1. The number of rotatable bonds is 2. The predicted molar refractivity (Wildman–Crippen MR) is 82.6 cm³/mol. The molecule has 0 saturated carbocycles. The Morgan fingerprint density at radius 3 is 2.43 bits per heavy atom. The zero-order valence-electron chi connectivity index (χ0n) is 11.3. The third-order valence-corrected chi connectivity index (χ3v) is 3.55. The summed E-state index contributed by atoms with van der Waals surface area (Å²) < 4.78 is 13.1. The summed E-state index contributed by atoms with van der Waals surface area (Å²) in [6.45, 7) is 1.90. The lowest BCUT2D eigenvalue weighted by Gasteiger charge is -2.09. The standard InChI is InChI=1S/C17H12ClFN2/c1-11-13(14-6-5-12(19)10-15(14)18)7-8-17(21-11)16-4-2-3-9-20-16/h2-10H,1H3. The van der Waals surface area contributed by atoms with Gasteiger partial charge in [0, 0.05) is 23.0 Å². The van der Waals surface area contributed by atoms with Crippen LogP contribution in [0.3, 0.4) is 0 Å². The van der Waals surface area contributed by atoms with Gasteiger partial charge in [-0.25, -0.2) is 4.39 Å². The molecule has 2 heterocycles. The minimum atomic E-state index is -0.348. The molecule has 2 nitrogen and oxygen atoms in total. The molecule has 0 bridgehead atoms. The first-order chi connectivity index (χ1) is 10.1. The van der Waals surface area contributed by atoms with Crippen LogP contribution in [0.2, 0.25) is 5.02 Å². The molecule has 0 unspecified atom stereocenters. The molecule has 4 heteroatoms. The minimum Gasteiger partial charge on any atom is -0.255 e. The van der Waals surface area contributed by atoms with Gasteiger partial charge in [0.05, 0.1) is 16.4 Å². The smallest absolute Gasteiger partial charge is 0.124 e. The molecule has 3 rings (SSSR count). The largest absolute Gasteiger partial charge is 0.255 e. The van der Waals surface area contributed by atoms with Crippen molar-refractivity contribution in [2.75, 3.05) is 0 Å². The average molecular weight is 299 g/mol. The van der Waals surface area contributed by atoms with Crippen LogP contribution in [0.5, 0.6) is 0 Å². The lowest BCUT2D eigenvalue weighted by atomic mass is 10.0. The van der Waals surface area contributed by atoms with E-state index in [1.165, 1.54) is 12.1 Å². The molecular weight excluding hydrogens is 287 g/mol. The predicted octanol–water partition coefficient (Wildman–Crippen LogP) is 4.91. The summed E-state index contributed by atoms with van der Waals surface area (Å²) >= 11 is 6.11. The molecule has 104 valence electrons. The molecule has 21 heavy (non-hydrogen) atoms. The van der Waals surface area contributed by atoms with E-state index in [1.807, 2.05) is 37.3 Å². The molecule has 0 spiro atoms. The Hall–Kier alpha value is -2.26. The minimum absolute atomic E-state index is 0.348. The Balaban J connectivity index is 2.06. The highest BCUT2D eigenvalue weighted by Gasteiger charge is 2.10. The van der Waals surface area contributed by atoms with E-state index >= 15 is 0 Å². The van der Waals surface area contributed by atoms with Crippen LogP contribution < -0.4 is 0 Å². The first kappa shape index (κ1) is 13.7. The Morgan fingerprint density at radius 1 is 0.952 bits per heavy atom. The van der Waals surface area contributed by atoms with Crippen molar-refractivity contribution < 1.29 is 4.39 Å². The Labute approximate surface area is 127 Å². The fourth-order valence-electron chi connectivity index (χ4n) is 2.21. The normalized spacial score (nSPS) is 10.6. The van der Waals surface area contributed by atoms with Crippen LogP contribution in [0.1, 0.15) is 5.69 Å². The second-order valence-corrected chi connectivity index (χ2v) is 5.08. The van der Waals surface area contributed by atoms with Crippen molar-refractivity contribution in [3.05, 3.63) is 71.3 Å². The maximum Gasteiger partial charge on any atom is 0.124 e. The second-order valence-electron chi connectivity index (χ2n) is 4.67. The van der Waals surface area contributed by atoms with Crippen LogP contribution in [0.25, 0.3) is 22.5 Å². The monoisotopic (exact) mass is 298 g/mol. The van der Waals surface area contributed by atoms with Crippen molar-refractivity contribution in [3.63, 3.8) is 0 Å². The number of hydrogen-bond acceptors (Lipinski definition) is 2. The Kier molecular flexibility index (Phi) is 3.67. The molecule has 0 saturated heterocycles. The van der Waals surface area contributed by atoms with Crippen molar-refractivity contribution >= 4 is 11.6 Å². The zero-order chi connectivity index (χ0) is 14.8. The van der Waals surface area contributed by atoms with Gasteiger partial charge in [-0.05, 0) is 43.3 Å². The van der Waals surface area contributed by atoms with Crippen LogP contribution in [-0.4, -0.2) is 9.97 Å². The highest BCUT2D eigenvalue weighted by atomic mass is 35.5. The van der Waals surface area contributed by atoms with E-state index in [9.17, 15) is 4.39 Å². The van der Waals surface area contributed by atoms with E-state index in [1.54, 1.807) is 12.3 Å². The molecule has 0 aliphatic heterocycles. The molecular formula is C17H12ClFN2. The van der Waals surface area contributed by atoms with E-state index in [2.05, 4.69) is 9.97 Å². The van der Waals surface area contributed by atoms with E-state index in [4.69, 9.17) is 11.6 Å². The van der Waals surface area contributed by atoms with Crippen molar-refractivity contribution in [2.45, 2.75) is 6.92 Å². The lowest BCUT2D eigenvalue weighted by Crippen LogP contribution is -1.93. The molecule has 0 fully saturated rings. The van der Waals surface area contributed by atoms with E-state index in [-0.39, 0.29) is 5.82 Å². The Morgan fingerprint density at radius 2 is 1.76 bits per heavy atom. The Bertz CT molecular complexity index is 788. The summed E-state index contributed by atoms with van der Waals surface area (Å²) in [6, 6.07) is 13.9. The summed E-state index contributed by atoms with van der Waals surface area (Å²) in [7, 11) is 0. The molecule has 0 radical (unpaired) electrons. The fraction of sp³-hybridized carbons (Fsp3) is 0.0588. The van der Waals surface area contributed by atoms with Crippen molar-refractivity contribution in [1.82, 2.24) is 9.97 Å². The van der Waals surface area contributed by atoms with Crippen LogP contribution in [0, 0.1) is 12.7 Å². The van der Waals surface area contributed by atoms with Gasteiger partial charge >= 0.3 is 0 Å². The van der Waals surface area contributed by atoms with Gasteiger partial charge in [-0.15, -0.1) is 0 Å². The number of pyridine rings is 2. The SMILES string of the molecule is Cc1nc(-c2ccccn2)ccc1-c1ccc(F)cc1Cl. The van der Waals surface area contributed by atoms with Crippen LogP contribution >= 0.6 is 11.6 Å². The van der Waals surface area contributed by atoms with Crippen LogP contribution in [-0.2, 0) is 0 Å². The fourth-order valence-corrected chi connectivity index (χ4v) is 2.48. The lowest BCUT2D eigenvalue weighted by molar-refractivity contribution is 0.628. The van der Waals surface area contributed by atoms with Gasteiger partial charge in [-0.1, -0.05) is 23.7 Å². The van der Waals surface area contributed by atoms with Gasteiger partial charge in [0.25, 0.3) is 0 Å². The number of halogens is 2. The summed E-state index contributed by atoms with van der Waals surface area (Å²) in [4.78, 5) is 8.85. The summed E-state index contributed by atoms with van der Waals surface area (Å²) in [6.07, 6.45) is 1.73. The zero-order valence-corrected chi connectivity index (χ0v) is 12.1. The highest BCUT2D eigenvalue weighted by molar-refractivity contribution is 6.33. The van der Waals surface area contributed by atoms with Crippen molar-refractivity contribution in [1.29, 1.82) is 0 Å². The number of hydrogen-bond donors (Lipinski definition) is 0. The first-order valence-electron chi connectivity index (χ1n) is 6.49. The summed E-state index contributed by atoms with van der Waals surface area (Å²) in [5, 5.41) is 0.380. The van der Waals surface area contributed by atoms with Gasteiger partial charge in [0.1, 0.15) is 5.82 Å². The molecule has 3 aromatic rings. The van der Waals surface area contributed by atoms with E-state index in [0.717, 1.165) is 28.2 Å². The summed E-state index contributed by atoms with van der Waals surface area (Å²) in [5.74, 6) is -0.348. The van der Waals surface area contributed by atoms with Crippen LogP contribution in [0.4, 0.5) is 4.39 Å². The van der Waals surface area contributed by atoms with Gasteiger partial charge in [0.2, 0.25) is 0 Å². The maximum absolute atomic E-state index is 13.1. The van der Waals surface area contributed by atoms with Crippen molar-refractivity contribution in [2.24, 2.45) is 0 Å². The number of aromatic nitrogens is 2. The van der Waals surface area contributed by atoms with Gasteiger partial charge in [-0.3, -0.25) is 9.97 Å². The molecule has 0 aliphatic carbocycles. The quantitative estimate of drug-likeness (QED) is 0.671.